The summed E-state index contributed by atoms with van der Waals surface area (Å²) >= 11 is 0. The Morgan fingerprint density at radius 1 is 1.08 bits per heavy atom. The van der Waals surface area contributed by atoms with Crippen LogP contribution in [0.15, 0.2) is 41.0 Å². The zero-order valence-electron chi connectivity index (χ0n) is 15.4. The molecule has 2 aromatic rings. The zero-order chi connectivity index (χ0) is 17.8. The van der Waals surface area contributed by atoms with Crippen LogP contribution in [0.2, 0.25) is 0 Å². The average molecular weight is 352 g/mol. The number of carbonyl (C=O) groups is 1. The van der Waals surface area contributed by atoms with Crippen LogP contribution in [0.3, 0.4) is 0 Å². The molecule has 0 saturated carbocycles. The highest BCUT2D eigenvalue weighted by atomic mass is 16.3. The van der Waals surface area contributed by atoms with Gasteiger partial charge in [0.05, 0.1) is 18.7 Å². The molecule has 1 amide bonds. The van der Waals surface area contributed by atoms with Gasteiger partial charge in [-0.2, -0.15) is 0 Å². The summed E-state index contributed by atoms with van der Waals surface area (Å²) in [5, 5.41) is 3.14. The number of piperidine rings is 1. The maximum atomic E-state index is 12.5. The highest BCUT2D eigenvalue weighted by Gasteiger charge is 2.25. The SMILES string of the molecule is O=C(Cc1ccc2c(c1)CCC2)NC[C@@H](c1ccco1)N1CCCCC1. The molecular weight excluding hydrogens is 324 g/mol. The highest BCUT2D eigenvalue weighted by molar-refractivity contribution is 5.78. The van der Waals surface area contributed by atoms with E-state index in [-0.39, 0.29) is 11.9 Å². The molecule has 1 aliphatic heterocycles. The molecule has 0 unspecified atom stereocenters. The standard InChI is InChI=1S/C22H28N2O2/c25-22(15-17-9-10-18-6-4-7-19(18)14-17)23-16-20(21-8-5-13-26-21)24-11-2-1-3-12-24/h5,8-10,13-14,20H,1-4,6-7,11-12,15-16H2,(H,23,25)/t20-/m0/s1. The van der Waals surface area contributed by atoms with Crippen molar-refractivity contribution >= 4 is 5.91 Å². The van der Waals surface area contributed by atoms with Gasteiger partial charge in [0.1, 0.15) is 5.76 Å². The van der Waals surface area contributed by atoms with Crippen LogP contribution in [0, 0.1) is 0 Å². The predicted octanol–water partition coefficient (Wildman–Crippen LogP) is 3.65. The van der Waals surface area contributed by atoms with Crippen molar-refractivity contribution in [3.63, 3.8) is 0 Å². The monoisotopic (exact) mass is 352 g/mol. The maximum absolute atomic E-state index is 12.5. The summed E-state index contributed by atoms with van der Waals surface area (Å²) in [6, 6.07) is 10.6. The number of fused-ring (bicyclic) bond motifs is 1. The second kappa shape index (κ2) is 8.09. The molecule has 2 heterocycles. The minimum absolute atomic E-state index is 0.0940. The van der Waals surface area contributed by atoms with Crippen molar-refractivity contribution < 1.29 is 9.21 Å². The molecule has 138 valence electrons. The van der Waals surface area contributed by atoms with Gasteiger partial charge in [0, 0.05) is 6.54 Å². The predicted molar refractivity (Wildman–Crippen MR) is 102 cm³/mol. The Hall–Kier alpha value is -2.07. The first-order valence-corrected chi connectivity index (χ1v) is 9.94. The van der Waals surface area contributed by atoms with Crippen LogP contribution in [0.25, 0.3) is 0 Å². The minimum Gasteiger partial charge on any atom is -0.468 e. The second-order valence-electron chi connectivity index (χ2n) is 7.57. The van der Waals surface area contributed by atoms with Crippen molar-refractivity contribution in [3.8, 4) is 0 Å². The van der Waals surface area contributed by atoms with E-state index >= 15 is 0 Å². The largest absolute Gasteiger partial charge is 0.468 e. The molecule has 1 aromatic carbocycles. The third-order valence-corrected chi connectivity index (χ3v) is 5.72. The number of benzene rings is 1. The van der Waals surface area contributed by atoms with E-state index < -0.39 is 0 Å². The van der Waals surface area contributed by atoms with Crippen molar-refractivity contribution in [2.75, 3.05) is 19.6 Å². The van der Waals surface area contributed by atoms with E-state index in [4.69, 9.17) is 4.42 Å². The van der Waals surface area contributed by atoms with Crippen LogP contribution >= 0.6 is 0 Å². The molecule has 1 N–H and O–H groups in total. The lowest BCUT2D eigenvalue weighted by Crippen LogP contribution is -2.40. The van der Waals surface area contributed by atoms with Gasteiger partial charge in [-0.05, 0) is 74.0 Å². The number of hydrogen-bond donors (Lipinski definition) is 1. The fourth-order valence-corrected chi connectivity index (χ4v) is 4.31. The van der Waals surface area contributed by atoms with Gasteiger partial charge in [-0.1, -0.05) is 24.6 Å². The maximum Gasteiger partial charge on any atom is 0.224 e. The number of rotatable bonds is 6. The van der Waals surface area contributed by atoms with Crippen LogP contribution in [-0.2, 0) is 24.1 Å². The van der Waals surface area contributed by atoms with Crippen molar-refractivity contribution in [2.24, 2.45) is 0 Å². The molecule has 4 heteroatoms. The van der Waals surface area contributed by atoms with Gasteiger partial charge < -0.3 is 9.73 Å². The van der Waals surface area contributed by atoms with E-state index in [1.165, 1.54) is 43.2 Å². The summed E-state index contributed by atoms with van der Waals surface area (Å²) in [7, 11) is 0. The molecule has 1 fully saturated rings. The van der Waals surface area contributed by atoms with Gasteiger partial charge >= 0.3 is 0 Å². The van der Waals surface area contributed by atoms with Gasteiger partial charge in [0.15, 0.2) is 0 Å². The minimum atomic E-state index is 0.0940. The third kappa shape index (κ3) is 4.01. The Labute approximate surface area is 155 Å². The zero-order valence-corrected chi connectivity index (χ0v) is 15.4. The van der Waals surface area contributed by atoms with Crippen molar-refractivity contribution in [3.05, 3.63) is 59.0 Å². The van der Waals surface area contributed by atoms with E-state index in [9.17, 15) is 4.79 Å². The number of furan rings is 1. The number of aryl methyl sites for hydroxylation is 2. The third-order valence-electron chi connectivity index (χ3n) is 5.72. The molecule has 0 spiro atoms. The molecule has 4 nitrogen and oxygen atoms in total. The van der Waals surface area contributed by atoms with E-state index in [0.29, 0.717) is 13.0 Å². The highest BCUT2D eigenvalue weighted by Crippen LogP contribution is 2.25. The Morgan fingerprint density at radius 3 is 2.73 bits per heavy atom. The number of amides is 1. The van der Waals surface area contributed by atoms with Crippen LogP contribution < -0.4 is 5.32 Å². The van der Waals surface area contributed by atoms with Crippen LogP contribution in [0.1, 0.15) is 54.2 Å². The Bertz CT molecular complexity index is 733. The molecule has 0 radical (unpaired) electrons. The van der Waals surface area contributed by atoms with E-state index in [1.54, 1.807) is 6.26 Å². The van der Waals surface area contributed by atoms with Crippen molar-refractivity contribution in [1.82, 2.24) is 10.2 Å². The van der Waals surface area contributed by atoms with Gasteiger partial charge in [-0.3, -0.25) is 9.69 Å². The molecule has 2 aliphatic rings. The summed E-state index contributed by atoms with van der Waals surface area (Å²) in [4.78, 5) is 15.0. The lowest BCUT2D eigenvalue weighted by atomic mass is 10.0. The summed E-state index contributed by atoms with van der Waals surface area (Å²) in [6.07, 6.45) is 9.50. The number of nitrogens with one attached hydrogen (secondary N) is 1. The van der Waals surface area contributed by atoms with Crippen molar-refractivity contribution in [2.45, 2.75) is 51.0 Å². The van der Waals surface area contributed by atoms with Gasteiger partial charge in [-0.15, -0.1) is 0 Å². The van der Waals surface area contributed by atoms with E-state index in [0.717, 1.165) is 30.8 Å². The van der Waals surface area contributed by atoms with E-state index in [1.807, 2.05) is 12.1 Å². The molecule has 4 rings (SSSR count). The Balaban J connectivity index is 1.36. The number of carbonyl (C=O) groups excluding carboxylic acids is 1. The average Bonchev–Trinajstić information content (AvgIpc) is 3.34. The molecular formula is C22H28N2O2. The molecule has 0 bridgehead atoms. The summed E-state index contributed by atoms with van der Waals surface area (Å²) in [6.45, 7) is 2.76. The van der Waals surface area contributed by atoms with E-state index in [2.05, 4.69) is 28.4 Å². The van der Waals surface area contributed by atoms with Crippen LogP contribution in [0.4, 0.5) is 0 Å². The number of hydrogen-bond acceptors (Lipinski definition) is 3. The topological polar surface area (TPSA) is 45.5 Å². The van der Waals surface area contributed by atoms with Gasteiger partial charge in [-0.25, -0.2) is 0 Å². The molecule has 1 aliphatic carbocycles. The first-order chi connectivity index (χ1) is 12.8. The first-order valence-electron chi connectivity index (χ1n) is 9.94. The summed E-state index contributed by atoms with van der Waals surface area (Å²) in [5.41, 5.74) is 4.00. The second-order valence-corrected chi connectivity index (χ2v) is 7.57. The van der Waals surface area contributed by atoms with Crippen LogP contribution in [0.5, 0.6) is 0 Å². The van der Waals surface area contributed by atoms with Crippen LogP contribution in [-0.4, -0.2) is 30.4 Å². The lowest BCUT2D eigenvalue weighted by molar-refractivity contribution is -0.120. The normalized spacial score (nSPS) is 18.5. The Morgan fingerprint density at radius 2 is 1.92 bits per heavy atom. The lowest BCUT2D eigenvalue weighted by Gasteiger charge is -2.33. The molecule has 1 aromatic heterocycles. The first kappa shape index (κ1) is 17.3. The fraction of sp³-hybridized carbons (Fsp3) is 0.500. The smallest absolute Gasteiger partial charge is 0.224 e. The quantitative estimate of drug-likeness (QED) is 0.863. The van der Waals surface area contributed by atoms with Crippen molar-refractivity contribution in [1.29, 1.82) is 0 Å². The fourth-order valence-electron chi connectivity index (χ4n) is 4.31. The molecule has 26 heavy (non-hydrogen) atoms. The number of nitrogens with zero attached hydrogens (tertiary/aromatic N) is 1. The number of likely N-dealkylation sites (tertiary alicyclic amines) is 1. The summed E-state index contributed by atoms with van der Waals surface area (Å²) in [5.74, 6) is 1.04. The van der Waals surface area contributed by atoms with Gasteiger partial charge in [0.2, 0.25) is 5.91 Å². The summed E-state index contributed by atoms with van der Waals surface area (Å²) < 4.78 is 5.66. The molecule has 1 atom stereocenters. The Kier molecular flexibility index (Phi) is 5.40. The van der Waals surface area contributed by atoms with Gasteiger partial charge in [0.25, 0.3) is 0 Å². The molecule has 1 saturated heterocycles.